The molecule has 1 aromatic carbocycles. The standard InChI is InChI=1S/C9H7F4O2.3C3H7O.Zr/c1-15-3-5-8(12)6(10)4(2-14)7(11)9(5)13;3*1-3(2)4;/h2-3H2,1H3;3*3H,1-2H3;/q4*-1;+4. The molecule has 0 bridgehead atoms. The van der Waals surface area contributed by atoms with Gasteiger partial charge in [0.15, 0.2) is 0 Å². The zero-order chi connectivity index (χ0) is 21.6. The summed E-state index contributed by atoms with van der Waals surface area (Å²) in [7, 11) is 1.16. The van der Waals surface area contributed by atoms with E-state index >= 15 is 0 Å². The summed E-state index contributed by atoms with van der Waals surface area (Å²) in [5.74, 6) is -6.16. The van der Waals surface area contributed by atoms with Gasteiger partial charge < -0.3 is 0 Å². The zero-order valence-corrected chi connectivity index (χ0v) is 19.7. The summed E-state index contributed by atoms with van der Waals surface area (Å²) < 4.78 is 84.6. The molecule has 0 atom stereocenters. The third-order valence-corrected chi connectivity index (χ3v) is 10.1. The van der Waals surface area contributed by atoms with Gasteiger partial charge in [-0.1, -0.05) is 0 Å². The fraction of sp³-hybridized carbons (Fsp3) is 0.667. The van der Waals surface area contributed by atoms with Crippen LogP contribution in [0.3, 0.4) is 0 Å². The molecular weight excluding hydrogens is 463 g/mol. The van der Waals surface area contributed by atoms with Gasteiger partial charge in [0.25, 0.3) is 0 Å². The number of halogens is 4. The van der Waals surface area contributed by atoms with Crippen LogP contribution >= 0.6 is 0 Å². The Kier molecular flexibility index (Phi) is 10.2. The summed E-state index contributed by atoms with van der Waals surface area (Å²) >= 11 is -4.78. The van der Waals surface area contributed by atoms with E-state index in [1.807, 2.05) is 0 Å². The molecule has 0 amide bonds. The second-order valence-electron chi connectivity index (χ2n) is 6.93. The molecular formula is C18H28F4O5Zr. The Balaban J connectivity index is 3.28. The van der Waals surface area contributed by atoms with E-state index in [0.717, 1.165) is 7.11 Å². The summed E-state index contributed by atoms with van der Waals surface area (Å²) in [5.41, 5.74) is -1.73. The first-order chi connectivity index (χ1) is 12.9. The summed E-state index contributed by atoms with van der Waals surface area (Å²) in [6, 6.07) is 0. The van der Waals surface area contributed by atoms with Gasteiger partial charge >= 0.3 is 170 Å². The molecule has 0 aliphatic carbocycles. The van der Waals surface area contributed by atoms with Gasteiger partial charge in [-0.25, -0.2) is 0 Å². The molecule has 0 N–H and O–H groups in total. The maximum atomic E-state index is 14.4. The van der Waals surface area contributed by atoms with E-state index in [1.54, 1.807) is 41.5 Å². The van der Waals surface area contributed by atoms with Crippen molar-refractivity contribution in [3.63, 3.8) is 0 Å². The van der Waals surface area contributed by atoms with Gasteiger partial charge in [-0.15, -0.1) is 0 Å². The van der Waals surface area contributed by atoms with E-state index in [2.05, 4.69) is 4.74 Å². The van der Waals surface area contributed by atoms with Crippen molar-refractivity contribution in [2.75, 3.05) is 7.11 Å². The van der Waals surface area contributed by atoms with E-state index < -0.39 is 69.6 Å². The van der Waals surface area contributed by atoms with Crippen molar-refractivity contribution in [1.82, 2.24) is 0 Å². The predicted molar refractivity (Wildman–Crippen MR) is 90.4 cm³/mol. The molecule has 28 heavy (non-hydrogen) atoms. The third-order valence-electron chi connectivity index (χ3n) is 3.27. The Morgan fingerprint density at radius 2 is 0.964 bits per heavy atom. The normalized spacial score (nSPS) is 12.6. The summed E-state index contributed by atoms with van der Waals surface area (Å²) in [6.45, 7) is 8.93. The minimum atomic E-state index is -4.78. The number of rotatable bonds is 11. The molecule has 0 fully saturated rings. The van der Waals surface area contributed by atoms with E-state index in [-0.39, 0.29) is 18.3 Å². The molecule has 1 aromatic rings. The number of ether oxygens (including phenoxy) is 1. The van der Waals surface area contributed by atoms with Crippen molar-refractivity contribution < 1.29 is 55.6 Å². The monoisotopic (exact) mass is 490 g/mol. The zero-order valence-electron chi connectivity index (χ0n) is 17.2. The van der Waals surface area contributed by atoms with Gasteiger partial charge in [-0.05, 0) is 0 Å². The molecule has 0 aliphatic rings. The summed E-state index contributed by atoms with van der Waals surface area (Å²) in [4.78, 5) is 0. The van der Waals surface area contributed by atoms with Crippen LogP contribution in [0.5, 0.6) is 0 Å². The van der Waals surface area contributed by atoms with E-state index in [4.69, 9.17) is 11.3 Å². The Bertz CT molecular complexity index is 600. The van der Waals surface area contributed by atoms with Gasteiger partial charge in [0.05, 0.1) is 0 Å². The number of hydrogen-bond donors (Lipinski definition) is 0. The molecule has 0 saturated heterocycles. The average Bonchev–Trinajstić information content (AvgIpc) is 2.55. The molecule has 0 radical (unpaired) electrons. The third kappa shape index (κ3) is 6.85. The van der Waals surface area contributed by atoms with Crippen molar-refractivity contribution in [2.45, 2.75) is 73.1 Å². The molecule has 0 aliphatic heterocycles. The van der Waals surface area contributed by atoms with Crippen LogP contribution in [0.2, 0.25) is 0 Å². The molecule has 10 heteroatoms. The molecule has 0 aromatic heterocycles. The average molecular weight is 492 g/mol. The number of benzene rings is 1. The van der Waals surface area contributed by atoms with Gasteiger partial charge in [0, 0.05) is 0 Å². The number of methoxy groups -OCH3 is 1. The van der Waals surface area contributed by atoms with E-state index in [0.29, 0.717) is 0 Å². The molecule has 0 unspecified atom stereocenters. The topological polar surface area (TPSA) is 46.2 Å². The van der Waals surface area contributed by atoms with Crippen molar-refractivity contribution in [1.29, 1.82) is 0 Å². The van der Waals surface area contributed by atoms with Crippen LogP contribution in [-0.2, 0) is 51.2 Å². The van der Waals surface area contributed by atoms with E-state index in [9.17, 15) is 17.6 Å². The molecule has 1 rings (SSSR count). The van der Waals surface area contributed by atoms with Crippen LogP contribution in [0, 0.1) is 23.3 Å². The molecule has 5 nitrogen and oxygen atoms in total. The van der Waals surface area contributed by atoms with Gasteiger partial charge in [0.2, 0.25) is 0 Å². The fourth-order valence-corrected chi connectivity index (χ4v) is 8.29. The summed E-state index contributed by atoms with van der Waals surface area (Å²) in [5, 5.41) is 0. The van der Waals surface area contributed by atoms with Crippen LogP contribution in [0.25, 0.3) is 0 Å². The van der Waals surface area contributed by atoms with Gasteiger partial charge in [-0.2, -0.15) is 0 Å². The van der Waals surface area contributed by atoms with Crippen LogP contribution < -0.4 is 0 Å². The Morgan fingerprint density at radius 3 is 1.25 bits per heavy atom. The first-order valence-electron chi connectivity index (χ1n) is 8.94. The Labute approximate surface area is 170 Å². The predicted octanol–water partition coefficient (Wildman–Crippen LogP) is 4.99. The first-order valence-corrected chi connectivity index (χ1v) is 13.0. The molecule has 0 spiro atoms. The fourth-order valence-electron chi connectivity index (χ4n) is 2.33. The van der Waals surface area contributed by atoms with Crippen molar-refractivity contribution >= 4 is 0 Å². The van der Waals surface area contributed by atoms with Crippen LogP contribution in [0.15, 0.2) is 0 Å². The van der Waals surface area contributed by atoms with Crippen LogP contribution in [0.1, 0.15) is 52.7 Å². The second-order valence-corrected chi connectivity index (χ2v) is 11.8. The SMILES string of the molecule is COCc1c(F)c(F)c(C[O][Zr]([O]C(C)C)([O]C(C)C)[O]C(C)C)c(F)c1F. The molecule has 162 valence electrons. The molecule has 0 saturated carbocycles. The minimum absolute atomic E-state index is 0.361. The van der Waals surface area contributed by atoms with Crippen LogP contribution in [-0.4, -0.2) is 25.4 Å². The van der Waals surface area contributed by atoms with E-state index in [1.165, 1.54) is 0 Å². The number of hydrogen-bond acceptors (Lipinski definition) is 5. The Morgan fingerprint density at radius 1 is 0.643 bits per heavy atom. The van der Waals surface area contributed by atoms with Crippen LogP contribution in [0.4, 0.5) is 17.6 Å². The second kappa shape index (κ2) is 11.1. The maximum absolute atomic E-state index is 14.4. The van der Waals surface area contributed by atoms with Crippen molar-refractivity contribution in [3.05, 3.63) is 34.4 Å². The summed E-state index contributed by atoms with van der Waals surface area (Å²) in [6.07, 6.45) is -1.08. The first kappa shape index (κ1) is 25.7. The molecule has 0 heterocycles. The van der Waals surface area contributed by atoms with Gasteiger partial charge in [0.1, 0.15) is 0 Å². The van der Waals surface area contributed by atoms with Gasteiger partial charge in [-0.3, -0.25) is 0 Å². The van der Waals surface area contributed by atoms with Crippen molar-refractivity contribution in [3.8, 4) is 0 Å². The quantitative estimate of drug-likeness (QED) is 0.322. The Hall–Kier alpha value is -0.377. The van der Waals surface area contributed by atoms with Crippen molar-refractivity contribution in [2.24, 2.45) is 0 Å².